The Hall–Kier alpha value is -3.50. The number of nitro groups is 1. The largest absolute Gasteiger partial charge is 0.280 e. The number of nitrogens with one attached hydrogen (secondary N) is 2. The summed E-state index contributed by atoms with van der Waals surface area (Å²) in [6.07, 6.45) is 0. The van der Waals surface area contributed by atoms with Crippen LogP contribution in [0.25, 0.3) is 0 Å². The number of halogens is 2. The Kier molecular flexibility index (Phi) is 6.52. The molecule has 0 aliphatic heterocycles. The van der Waals surface area contributed by atoms with Crippen LogP contribution in [0, 0.1) is 15.9 Å². The third-order valence-corrected chi connectivity index (χ3v) is 5.84. The van der Waals surface area contributed by atoms with Crippen LogP contribution in [0.1, 0.15) is 12.5 Å². The molecule has 2 N–H and O–H groups in total. The zero-order valence-corrected chi connectivity index (χ0v) is 17.6. The van der Waals surface area contributed by atoms with E-state index < -0.39 is 26.5 Å². The van der Waals surface area contributed by atoms with Gasteiger partial charge in [0.2, 0.25) is 0 Å². The lowest BCUT2D eigenvalue weighted by atomic mass is 10.1. The van der Waals surface area contributed by atoms with Gasteiger partial charge < -0.3 is 0 Å². The Labute approximate surface area is 182 Å². The highest BCUT2D eigenvalue weighted by molar-refractivity contribution is 7.92. The molecule has 0 aromatic heterocycles. The predicted octanol–water partition coefficient (Wildman–Crippen LogP) is 5.02. The number of nitro benzene ring substituents is 1. The molecule has 0 atom stereocenters. The number of benzene rings is 3. The molecule has 0 fully saturated rings. The summed E-state index contributed by atoms with van der Waals surface area (Å²) in [6.45, 7) is 1.64. The van der Waals surface area contributed by atoms with Crippen molar-refractivity contribution in [2.45, 2.75) is 11.8 Å². The van der Waals surface area contributed by atoms with E-state index in [2.05, 4.69) is 15.2 Å². The van der Waals surface area contributed by atoms with Gasteiger partial charge in [-0.15, -0.1) is 0 Å². The van der Waals surface area contributed by atoms with E-state index in [1.54, 1.807) is 6.92 Å². The molecule has 3 aromatic carbocycles. The standard InChI is InChI=1S/C20H16ClFN4O4S/c1-13(14-2-6-16(22)7-3-14)23-24-19-11-10-18(26(27)28)12-20(19)31(29,30)25-17-8-4-15(21)5-9-17/h2-12,24-25H,1H3. The molecule has 11 heteroatoms. The maximum absolute atomic E-state index is 13.1. The van der Waals surface area contributed by atoms with Gasteiger partial charge in [-0.2, -0.15) is 5.10 Å². The van der Waals surface area contributed by atoms with Crippen molar-refractivity contribution in [2.24, 2.45) is 5.10 Å². The Morgan fingerprint density at radius 3 is 2.32 bits per heavy atom. The molecule has 0 saturated carbocycles. The summed E-state index contributed by atoms with van der Waals surface area (Å²) >= 11 is 5.81. The van der Waals surface area contributed by atoms with Crippen LogP contribution in [-0.4, -0.2) is 19.1 Å². The summed E-state index contributed by atoms with van der Waals surface area (Å²) in [5.41, 5.74) is 3.54. The third-order valence-electron chi connectivity index (χ3n) is 4.17. The van der Waals surface area contributed by atoms with Gasteiger partial charge in [0.25, 0.3) is 15.7 Å². The summed E-state index contributed by atoms with van der Waals surface area (Å²) in [5.74, 6) is -0.401. The van der Waals surface area contributed by atoms with Crippen molar-refractivity contribution < 1.29 is 17.7 Å². The summed E-state index contributed by atoms with van der Waals surface area (Å²) < 4.78 is 41.3. The SMILES string of the molecule is CC(=NNc1ccc([N+](=O)[O-])cc1S(=O)(=O)Nc1ccc(Cl)cc1)c1ccc(F)cc1. The third kappa shape index (κ3) is 5.56. The molecule has 0 radical (unpaired) electrons. The fourth-order valence-electron chi connectivity index (χ4n) is 2.57. The maximum atomic E-state index is 13.1. The van der Waals surface area contributed by atoms with Crippen LogP contribution in [0.3, 0.4) is 0 Å². The predicted molar refractivity (Wildman–Crippen MR) is 118 cm³/mol. The fraction of sp³-hybridized carbons (Fsp3) is 0.0500. The van der Waals surface area contributed by atoms with Crippen LogP contribution < -0.4 is 10.1 Å². The smallest absolute Gasteiger partial charge is 0.270 e. The van der Waals surface area contributed by atoms with Gasteiger partial charge in [0.15, 0.2) is 0 Å². The van der Waals surface area contributed by atoms with E-state index in [0.29, 0.717) is 16.3 Å². The van der Waals surface area contributed by atoms with Gasteiger partial charge >= 0.3 is 0 Å². The van der Waals surface area contributed by atoms with Crippen LogP contribution in [0.15, 0.2) is 76.7 Å². The van der Waals surface area contributed by atoms with Crippen molar-refractivity contribution in [3.8, 4) is 0 Å². The van der Waals surface area contributed by atoms with E-state index in [1.807, 2.05) is 0 Å². The fourth-order valence-corrected chi connectivity index (χ4v) is 3.93. The van der Waals surface area contributed by atoms with Crippen LogP contribution >= 0.6 is 11.6 Å². The number of hydrogen-bond donors (Lipinski definition) is 2. The van der Waals surface area contributed by atoms with Crippen molar-refractivity contribution in [3.63, 3.8) is 0 Å². The number of non-ortho nitro benzene ring substituents is 1. The van der Waals surface area contributed by atoms with Crippen molar-refractivity contribution >= 4 is 44.4 Å². The second kappa shape index (κ2) is 9.11. The first-order valence-corrected chi connectivity index (χ1v) is 10.6. The summed E-state index contributed by atoms with van der Waals surface area (Å²) in [4.78, 5) is 10.1. The minimum atomic E-state index is -4.21. The topological polar surface area (TPSA) is 114 Å². The van der Waals surface area contributed by atoms with Gasteiger partial charge in [-0.05, 0) is 55.0 Å². The zero-order chi connectivity index (χ0) is 22.6. The molecule has 0 heterocycles. The second-order valence-corrected chi connectivity index (χ2v) is 8.45. The normalized spacial score (nSPS) is 11.8. The van der Waals surface area contributed by atoms with E-state index in [4.69, 9.17) is 11.6 Å². The highest BCUT2D eigenvalue weighted by atomic mass is 35.5. The molecule has 0 bridgehead atoms. The van der Waals surface area contributed by atoms with Crippen LogP contribution in [0.4, 0.5) is 21.5 Å². The van der Waals surface area contributed by atoms with E-state index in [-0.39, 0.29) is 16.3 Å². The molecule has 0 amide bonds. The van der Waals surface area contributed by atoms with Crippen LogP contribution in [0.2, 0.25) is 5.02 Å². The van der Waals surface area contributed by atoms with Gasteiger partial charge in [0.1, 0.15) is 10.7 Å². The molecule has 3 aromatic rings. The van der Waals surface area contributed by atoms with E-state index in [9.17, 15) is 22.9 Å². The van der Waals surface area contributed by atoms with Gasteiger partial charge in [-0.1, -0.05) is 23.7 Å². The molecule has 8 nitrogen and oxygen atoms in total. The zero-order valence-electron chi connectivity index (χ0n) is 16.0. The maximum Gasteiger partial charge on any atom is 0.270 e. The lowest BCUT2D eigenvalue weighted by Crippen LogP contribution is -2.15. The van der Waals surface area contributed by atoms with Gasteiger partial charge in [-0.3, -0.25) is 20.3 Å². The Balaban J connectivity index is 1.96. The number of sulfonamides is 1. The quantitative estimate of drug-likeness (QED) is 0.290. The first kappa shape index (κ1) is 22.2. The van der Waals surface area contributed by atoms with E-state index in [1.165, 1.54) is 54.6 Å². The molecular weight excluding hydrogens is 447 g/mol. The van der Waals surface area contributed by atoms with E-state index >= 15 is 0 Å². The molecule has 3 rings (SSSR count). The summed E-state index contributed by atoms with van der Waals surface area (Å²) in [6, 6.07) is 14.8. The van der Waals surface area contributed by atoms with Crippen LogP contribution in [-0.2, 0) is 10.0 Å². The molecule has 160 valence electrons. The molecular formula is C20H16ClFN4O4S. The molecule has 0 saturated heterocycles. The van der Waals surface area contributed by atoms with Gasteiger partial charge in [0.05, 0.1) is 16.3 Å². The Morgan fingerprint density at radius 2 is 1.71 bits per heavy atom. The lowest BCUT2D eigenvalue weighted by Gasteiger charge is -2.12. The number of anilines is 2. The number of hydrazone groups is 1. The van der Waals surface area contributed by atoms with Crippen molar-refractivity contribution in [2.75, 3.05) is 10.1 Å². The van der Waals surface area contributed by atoms with Crippen molar-refractivity contribution in [1.82, 2.24) is 0 Å². The molecule has 0 aliphatic rings. The van der Waals surface area contributed by atoms with E-state index in [0.717, 1.165) is 12.1 Å². The van der Waals surface area contributed by atoms with Crippen LogP contribution in [0.5, 0.6) is 0 Å². The second-order valence-electron chi connectivity index (χ2n) is 6.37. The first-order chi connectivity index (χ1) is 14.7. The monoisotopic (exact) mass is 462 g/mol. The molecule has 0 aliphatic carbocycles. The Bertz CT molecular complexity index is 1250. The van der Waals surface area contributed by atoms with Gasteiger partial charge in [-0.25, -0.2) is 12.8 Å². The van der Waals surface area contributed by atoms with Gasteiger partial charge in [0, 0.05) is 22.8 Å². The molecule has 31 heavy (non-hydrogen) atoms. The highest BCUT2D eigenvalue weighted by Crippen LogP contribution is 2.28. The first-order valence-electron chi connectivity index (χ1n) is 8.79. The average molecular weight is 463 g/mol. The minimum Gasteiger partial charge on any atom is -0.280 e. The number of rotatable bonds is 7. The Morgan fingerprint density at radius 1 is 1.06 bits per heavy atom. The summed E-state index contributed by atoms with van der Waals surface area (Å²) in [7, 11) is -4.21. The minimum absolute atomic E-state index is 0.0218. The summed E-state index contributed by atoms with van der Waals surface area (Å²) in [5, 5.41) is 15.7. The molecule has 0 spiro atoms. The molecule has 0 unspecified atom stereocenters. The number of nitrogens with zero attached hydrogens (tertiary/aromatic N) is 2. The highest BCUT2D eigenvalue weighted by Gasteiger charge is 2.23. The lowest BCUT2D eigenvalue weighted by molar-refractivity contribution is -0.385. The number of hydrogen-bond acceptors (Lipinski definition) is 6. The van der Waals surface area contributed by atoms with Crippen molar-refractivity contribution in [3.05, 3.63) is 93.2 Å². The van der Waals surface area contributed by atoms with Crippen molar-refractivity contribution in [1.29, 1.82) is 0 Å². The average Bonchev–Trinajstić information content (AvgIpc) is 2.74.